The summed E-state index contributed by atoms with van der Waals surface area (Å²) >= 11 is 0. The van der Waals surface area contributed by atoms with Crippen molar-refractivity contribution in [3.63, 3.8) is 0 Å². The van der Waals surface area contributed by atoms with Crippen molar-refractivity contribution in [2.75, 3.05) is 19.8 Å². The lowest BCUT2D eigenvalue weighted by Crippen LogP contribution is -2.44. The molecule has 0 saturated heterocycles. The second kappa shape index (κ2) is 6.46. The molecule has 24 heavy (non-hydrogen) atoms. The van der Waals surface area contributed by atoms with Gasteiger partial charge in [0.15, 0.2) is 5.34 Å². The number of β-amino-alcohol motifs (C(OH)–C–C–N with tert-alkyl or cyclic N) is 2. The van der Waals surface area contributed by atoms with E-state index in [1.165, 1.54) is 6.20 Å². The monoisotopic (exact) mass is 412 g/mol. The Kier molecular flexibility index (Phi) is 5.85. The lowest BCUT2D eigenvalue weighted by Gasteiger charge is -2.34. The van der Waals surface area contributed by atoms with Gasteiger partial charge in [0.2, 0.25) is 0 Å². The minimum atomic E-state index is -5.62. The van der Waals surface area contributed by atoms with E-state index in [-0.39, 0.29) is 6.67 Å². The van der Waals surface area contributed by atoms with Crippen LogP contribution in [0.3, 0.4) is 0 Å². The van der Waals surface area contributed by atoms with Gasteiger partial charge in [-0.1, -0.05) is 0 Å². The van der Waals surface area contributed by atoms with Gasteiger partial charge in [-0.05, 0) is 6.92 Å². The van der Waals surface area contributed by atoms with Crippen LogP contribution in [0.5, 0.6) is 0 Å². The highest BCUT2D eigenvalue weighted by Crippen LogP contribution is 2.67. The van der Waals surface area contributed by atoms with Gasteiger partial charge in [-0.2, -0.15) is 0 Å². The van der Waals surface area contributed by atoms with Crippen molar-refractivity contribution in [1.82, 2.24) is 9.80 Å². The van der Waals surface area contributed by atoms with Crippen LogP contribution in [0.15, 0.2) is 12.4 Å². The summed E-state index contributed by atoms with van der Waals surface area (Å²) in [6, 6.07) is 0. The Labute approximate surface area is 136 Å². The minimum absolute atomic E-state index is 0.335. The molecule has 1 unspecified atom stereocenters. The van der Waals surface area contributed by atoms with E-state index in [2.05, 4.69) is 0 Å². The Bertz CT molecular complexity index is 624. The van der Waals surface area contributed by atoms with Crippen molar-refractivity contribution >= 4 is 22.8 Å². The molecule has 16 heteroatoms. The van der Waals surface area contributed by atoms with Crippen LogP contribution in [0.1, 0.15) is 6.92 Å². The fourth-order valence-electron chi connectivity index (χ4n) is 1.82. The van der Waals surface area contributed by atoms with E-state index in [0.29, 0.717) is 0 Å². The van der Waals surface area contributed by atoms with E-state index < -0.39 is 46.3 Å². The van der Waals surface area contributed by atoms with Gasteiger partial charge in [-0.25, -0.2) is 0 Å². The average molecular weight is 412 g/mol. The average Bonchev–Trinajstić information content (AvgIpc) is 2.70. The molecule has 0 amide bonds. The molecule has 0 aromatic carbocycles. The first kappa shape index (κ1) is 21.8. The molecule has 0 saturated carbocycles. The summed E-state index contributed by atoms with van der Waals surface area (Å²) in [4.78, 5) is 56.3. The van der Waals surface area contributed by atoms with Gasteiger partial charge >= 0.3 is 22.8 Å². The molecule has 8 N–H and O–H groups in total. The quantitative estimate of drug-likeness (QED) is 0.211. The molecule has 0 aromatic rings. The van der Waals surface area contributed by atoms with Crippen molar-refractivity contribution in [3.05, 3.63) is 12.4 Å². The summed E-state index contributed by atoms with van der Waals surface area (Å²) in [6.45, 7) is -1.18. The molecule has 1 aliphatic rings. The Hall–Kier alpha value is -0.290. The van der Waals surface area contributed by atoms with Gasteiger partial charge in [-0.15, -0.1) is 0 Å². The molecule has 1 rings (SSSR count). The molecule has 0 bridgehead atoms. The van der Waals surface area contributed by atoms with Crippen molar-refractivity contribution in [2.24, 2.45) is 0 Å². The van der Waals surface area contributed by atoms with Crippen LogP contribution < -0.4 is 0 Å². The number of hydrogen-bond donors (Lipinski definition) is 8. The largest absolute Gasteiger partial charge is 0.376 e. The van der Waals surface area contributed by atoms with Crippen LogP contribution in [0.2, 0.25) is 0 Å². The third-order valence-corrected chi connectivity index (χ3v) is 8.44. The smallest absolute Gasteiger partial charge is 0.371 e. The highest BCUT2D eigenvalue weighted by molar-refractivity contribution is 7.72. The minimum Gasteiger partial charge on any atom is -0.376 e. The number of rotatable bonds is 7. The fourth-order valence-corrected chi connectivity index (χ4v) is 4.28. The summed E-state index contributed by atoms with van der Waals surface area (Å²) in [5.74, 6) is 0. The summed E-state index contributed by atoms with van der Waals surface area (Å²) in [5, 5.41) is 13.5. The molecule has 0 aliphatic carbocycles. The van der Waals surface area contributed by atoms with Gasteiger partial charge in [0.05, 0.1) is 19.8 Å². The number of aliphatic hydroxyl groups is 2. The van der Waals surface area contributed by atoms with E-state index >= 15 is 0 Å². The van der Waals surface area contributed by atoms with E-state index in [9.17, 15) is 23.9 Å². The molecule has 1 heterocycles. The zero-order valence-electron chi connectivity index (χ0n) is 12.3. The van der Waals surface area contributed by atoms with Crippen molar-refractivity contribution in [1.29, 1.82) is 0 Å². The molecule has 0 radical (unpaired) electrons. The Morgan fingerprint density at radius 3 is 1.54 bits per heavy atom. The van der Waals surface area contributed by atoms with E-state index in [1.807, 2.05) is 0 Å². The molecule has 0 aromatic heterocycles. The second-order valence-electron chi connectivity index (χ2n) is 5.56. The number of hydrogen-bond acceptors (Lipinski definition) is 7. The molecule has 1 atom stereocenters. The first-order valence-corrected chi connectivity index (χ1v) is 11.0. The van der Waals surface area contributed by atoms with Crippen LogP contribution in [-0.4, -0.2) is 79.6 Å². The normalized spacial score (nSPS) is 19.7. The first-order chi connectivity index (χ1) is 10.4. The third-order valence-electron chi connectivity index (χ3n) is 3.33. The maximum Gasteiger partial charge on any atom is 0.371 e. The van der Waals surface area contributed by atoms with Gasteiger partial charge in [0.1, 0.15) is 0 Å². The zero-order valence-corrected chi connectivity index (χ0v) is 15.0. The van der Waals surface area contributed by atoms with Crippen molar-refractivity contribution in [2.45, 2.75) is 17.3 Å². The summed E-state index contributed by atoms with van der Waals surface area (Å²) < 4.78 is 33.7. The topological polar surface area (TPSA) is 220 Å². The lowest BCUT2D eigenvalue weighted by molar-refractivity contribution is 0.0625. The Balaban J connectivity index is 2.88. The predicted molar refractivity (Wildman–Crippen MR) is 79.1 cm³/mol. The molecule has 0 spiro atoms. The molecular formula is C8H19N2O11P3. The van der Waals surface area contributed by atoms with E-state index in [1.54, 1.807) is 0 Å². The first-order valence-electron chi connectivity index (χ1n) is 6.19. The zero-order chi connectivity index (χ0) is 19.2. The van der Waals surface area contributed by atoms with Crippen LogP contribution in [0.4, 0.5) is 0 Å². The summed E-state index contributed by atoms with van der Waals surface area (Å²) in [6.07, 6.45) is 2.26. The van der Waals surface area contributed by atoms with Crippen LogP contribution in [0.25, 0.3) is 0 Å². The van der Waals surface area contributed by atoms with Gasteiger partial charge in [-0.3, -0.25) is 13.7 Å². The van der Waals surface area contributed by atoms with E-state index in [0.717, 1.165) is 22.9 Å². The summed E-state index contributed by atoms with van der Waals surface area (Å²) in [7, 11) is -16.1. The second-order valence-corrected chi connectivity index (χ2v) is 11.6. The fraction of sp³-hybridized carbons (Fsp3) is 0.750. The summed E-state index contributed by atoms with van der Waals surface area (Å²) in [5.41, 5.74) is 0. The molecule has 142 valence electrons. The third kappa shape index (κ3) is 4.46. The highest BCUT2D eigenvalue weighted by Gasteiger charge is 2.60. The van der Waals surface area contributed by atoms with Crippen molar-refractivity contribution < 1.29 is 53.3 Å². The van der Waals surface area contributed by atoms with Gasteiger partial charge in [0, 0.05) is 12.4 Å². The highest BCUT2D eigenvalue weighted by atomic mass is 31.2. The molecule has 13 nitrogen and oxygen atoms in total. The van der Waals surface area contributed by atoms with Crippen LogP contribution in [-0.2, 0) is 13.7 Å². The maximum atomic E-state index is 11.3. The number of nitrogens with zero attached hydrogens (tertiary/aromatic N) is 2. The SMILES string of the molecule is CC(O)(CN1C=CN(CC(O)(P(=O)(O)O)P(=O)(O)O)C1)P(=O)(O)O. The standard InChI is InChI=1S/C8H19N2O11P3/c1-7(11,22(13,14)15)4-9-2-3-10(6-9)5-8(12,23(16,17)18)24(19,20)21/h2-3,11-12H,4-6H2,1H3,(H2,13,14,15)(H2,16,17,18)(H2,19,20,21). The Morgan fingerprint density at radius 1 is 0.833 bits per heavy atom. The van der Waals surface area contributed by atoms with Crippen LogP contribution in [0, 0.1) is 0 Å². The molecular weight excluding hydrogens is 393 g/mol. The Morgan fingerprint density at radius 2 is 1.21 bits per heavy atom. The predicted octanol–water partition coefficient (Wildman–Crippen LogP) is -2.08. The molecule has 1 aliphatic heterocycles. The van der Waals surface area contributed by atoms with Crippen molar-refractivity contribution in [3.8, 4) is 0 Å². The van der Waals surface area contributed by atoms with Crippen LogP contribution >= 0.6 is 22.8 Å². The maximum absolute atomic E-state index is 11.3. The lowest BCUT2D eigenvalue weighted by atomic mass is 10.4. The van der Waals surface area contributed by atoms with Gasteiger partial charge < -0.3 is 49.4 Å². The molecule has 0 fully saturated rings. The van der Waals surface area contributed by atoms with E-state index in [4.69, 9.17) is 29.4 Å². The van der Waals surface area contributed by atoms with Gasteiger partial charge in [0.25, 0.3) is 5.08 Å².